The summed E-state index contributed by atoms with van der Waals surface area (Å²) in [6, 6.07) is 4.21. The quantitative estimate of drug-likeness (QED) is 0.831. The molecular weight excluding hydrogens is 200 g/mol. The first-order valence-electron chi connectivity index (χ1n) is 5.95. The van der Waals surface area contributed by atoms with Crippen molar-refractivity contribution in [3.8, 4) is 0 Å². The number of aromatic nitrogens is 1. The molecule has 2 N–H and O–H groups in total. The topological polar surface area (TPSA) is 48.1 Å². The van der Waals surface area contributed by atoms with Crippen LogP contribution in [0.5, 0.6) is 0 Å². The molecule has 1 aliphatic heterocycles. The van der Waals surface area contributed by atoms with Crippen molar-refractivity contribution in [3.05, 3.63) is 29.6 Å². The van der Waals surface area contributed by atoms with Gasteiger partial charge >= 0.3 is 0 Å². The van der Waals surface area contributed by atoms with E-state index < -0.39 is 0 Å². The van der Waals surface area contributed by atoms with E-state index in [0.29, 0.717) is 5.92 Å². The molecule has 0 atom stereocenters. The van der Waals surface area contributed by atoms with Gasteiger partial charge in [-0.25, -0.2) is 0 Å². The van der Waals surface area contributed by atoms with Crippen LogP contribution in [-0.4, -0.2) is 18.2 Å². The first-order chi connectivity index (χ1) is 7.62. The van der Waals surface area contributed by atoms with E-state index in [0.717, 1.165) is 31.7 Å². The lowest BCUT2D eigenvalue weighted by atomic mass is 9.87. The Morgan fingerprint density at radius 1 is 1.31 bits per heavy atom. The molecular formula is C13H20N2O. The molecule has 1 fully saturated rings. The molecule has 0 amide bonds. The van der Waals surface area contributed by atoms with E-state index in [1.165, 1.54) is 5.56 Å². The van der Waals surface area contributed by atoms with Gasteiger partial charge in [0, 0.05) is 19.4 Å². The normalized spacial score (nSPS) is 20.0. The van der Waals surface area contributed by atoms with Gasteiger partial charge in [0.2, 0.25) is 0 Å². The Hall–Kier alpha value is -0.930. The summed E-state index contributed by atoms with van der Waals surface area (Å²) in [7, 11) is 0. The minimum absolute atomic E-state index is 0.284. The SMILES string of the molecule is CC(C)c1ccc(C2(N)CCOCC2)nc1. The van der Waals surface area contributed by atoms with Crippen molar-refractivity contribution in [1.82, 2.24) is 4.98 Å². The van der Waals surface area contributed by atoms with E-state index in [1.54, 1.807) is 0 Å². The predicted molar refractivity (Wildman–Crippen MR) is 64.2 cm³/mol. The maximum atomic E-state index is 6.36. The zero-order valence-corrected chi connectivity index (χ0v) is 10.1. The van der Waals surface area contributed by atoms with Crippen molar-refractivity contribution < 1.29 is 4.74 Å². The first kappa shape index (κ1) is 11.6. The molecule has 1 aromatic rings. The Morgan fingerprint density at radius 3 is 2.50 bits per heavy atom. The summed E-state index contributed by atoms with van der Waals surface area (Å²) in [5.74, 6) is 0.518. The number of nitrogens with zero attached hydrogens (tertiary/aromatic N) is 1. The fourth-order valence-corrected chi connectivity index (χ4v) is 2.03. The average molecular weight is 220 g/mol. The summed E-state index contributed by atoms with van der Waals surface area (Å²) in [4.78, 5) is 4.51. The molecule has 0 aromatic carbocycles. The number of rotatable bonds is 2. The highest BCUT2D eigenvalue weighted by atomic mass is 16.5. The van der Waals surface area contributed by atoms with E-state index in [4.69, 9.17) is 10.5 Å². The summed E-state index contributed by atoms with van der Waals surface area (Å²) >= 11 is 0. The molecule has 1 aliphatic rings. The van der Waals surface area contributed by atoms with Gasteiger partial charge in [-0.1, -0.05) is 19.9 Å². The molecule has 16 heavy (non-hydrogen) atoms. The lowest BCUT2D eigenvalue weighted by Crippen LogP contribution is -2.42. The predicted octanol–water partition coefficient (Wildman–Crippen LogP) is 2.17. The van der Waals surface area contributed by atoms with Gasteiger partial charge in [0.05, 0.1) is 11.2 Å². The van der Waals surface area contributed by atoms with Crippen molar-refractivity contribution in [2.24, 2.45) is 5.73 Å². The third-order valence-electron chi connectivity index (χ3n) is 3.35. The summed E-state index contributed by atoms with van der Waals surface area (Å²) < 4.78 is 5.34. The van der Waals surface area contributed by atoms with Gasteiger partial charge in [0.25, 0.3) is 0 Å². The molecule has 2 rings (SSSR count). The largest absolute Gasteiger partial charge is 0.381 e. The highest BCUT2D eigenvalue weighted by molar-refractivity contribution is 5.22. The Morgan fingerprint density at radius 2 is 2.00 bits per heavy atom. The molecule has 3 heteroatoms. The standard InChI is InChI=1S/C13H20N2O/c1-10(2)11-3-4-12(15-9-11)13(14)5-7-16-8-6-13/h3-4,9-10H,5-8,14H2,1-2H3. The molecule has 0 bridgehead atoms. The molecule has 3 nitrogen and oxygen atoms in total. The number of hydrogen-bond donors (Lipinski definition) is 1. The van der Waals surface area contributed by atoms with Crippen LogP contribution >= 0.6 is 0 Å². The molecule has 0 radical (unpaired) electrons. The van der Waals surface area contributed by atoms with Gasteiger partial charge < -0.3 is 10.5 Å². The van der Waals surface area contributed by atoms with Gasteiger partial charge in [0.15, 0.2) is 0 Å². The van der Waals surface area contributed by atoms with Crippen LogP contribution in [-0.2, 0) is 10.3 Å². The first-order valence-corrected chi connectivity index (χ1v) is 5.95. The average Bonchev–Trinajstić information content (AvgIpc) is 2.30. The van der Waals surface area contributed by atoms with Crippen molar-refractivity contribution >= 4 is 0 Å². The van der Waals surface area contributed by atoms with Crippen LogP contribution in [0.1, 0.15) is 43.9 Å². The Kier molecular flexibility index (Phi) is 3.26. The number of hydrogen-bond acceptors (Lipinski definition) is 3. The highest BCUT2D eigenvalue weighted by Crippen LogP contribution is 2.28. The van der Waals surface area contributed by atoms with Gasteiger partial charge in [-0.05, 0) is 30.4 Å². The number of pyridine rings is 1. The monoisotopic (exact) mass is 220 g/mol. The van der Waals surface area contributed by atoms with Gasteiger partial charge in [0.1, 0.15) is 0 Å². The van der Waals surface area contributed by atoms with Crippen LogP contribution in [0.4, 0.5) is 0 Å². The summed E-state index contributed by atoms with van der Waals surface area (Å²) in [6.07, 6.45) is 3.67. The minimum atomic E-state index is -0.284. The maximum Gasteiger partial charge on any atom is 0.0627 e. The minimum Gasteiger partial charge on any atom is -0.381 e. The Balaban J connectivity index is 2.20. The van der Waals surface area contributed by atoms with Gasteiger partial charge in [-0.15, -0.1) is 0 Å². The van der Waals surface area contributed by atoms with Crippen LogP contribution in [0.25, 0.3) is 0 Å². The molecule has 2 heterocycles. The molecule has 88 valence electrons. The van der Waals surface area contributed by atoms with Crippen molar-refractivity contribution in [3.63, 3.8) is 0 Å². The molecule has 0 aliphatic carbocycles. The molecule has 1 saturated heterocycles. The fourth-order valence-electron chi connectivity index (χ4n) is 2.03. The van der Waals surface area contributed by atoms with Crippen molar-refractivity contribution in [2.45, 2.75) is 38.1 Å². The fraction of sp³-hybridized carbons (Fsp3) is 0.615. The number of nitrogens with two attached hydrogens (primary N) is 1. The summed E-state index contributed by atoms with van der Waals surface area (Å²) in [5.41, 5.74) is 8.34. The van der Waals surface area contributed by atoms with Gasteiger partial charge in [-0.2, -0.15) is 0 Å². The molecule has 0 saturated carbocycles. The van der Waals surface area contributed by atoms with Crippen LogP contribution in [0.15, 0.2) is 18.3 Å². The van der Waals surface area contributed by atoms with E-state index >= 15 is 0 Å². The maximum absolute atomic E-state index is 6.36. The Bertz CT molecular complexity index is 339. The zero-order chi connectivity index (χ0) is 11.6. The van der Waals surface area contributed by atoms with Crippen LogP contribution in [0.2, 0.25) is 0 Å². The molecule has 1 aromatic heterocycles. The van der Waals surface area contributed by atoms with E-state index in [-0.39, 0.29) is 5.54 Å². The smallest absolute Gasteiger partial charge is 0.0627 e. The van der Waals surface area contributed by atoms with Gasteiger partial charge in [-0.3, -0.25) is 4.98 Å². The number of ether oxygens (including phenoxy) is 1. The van der Waals surface area contributed by atoms with E-state index in [1.807, 2.05) is 6.20 Å². The second-order valence-corrected chi connectivity index (χ2v) is 4.90. The second-order valence-electron chi connectivity index (χ2n) is 4.90. The van der Waals surface area contributed by atoms with Crippen LogP contribution < -0.4 is 5.73 Å². The third kappa shape index (κ3) is 2.25. The van der Waals surface area contributed by atoms with Crippen LogP contribution in [0, 0.1) is 0 Å². The lowest BCUT2D eigenvalue weighted by Gasteiger charge is -2.32. The zero-order valence-electron chi connectivity index (χ0n) is 10.1. The second kappa shape index (κ2) is 4.52. The Labute approximate surface area is 97.0 Å². The van der Waals surface area contributed by atoms with E-state index in [2.05, 4.69) is 31.0 Å². The summed E-state index contributed by atoms with van der Waals surface area (Å²) in [6.45, 7) is 5.82. The highest BCUT2D eigenvalue weighted by Gasteiger charge is 2.31. The molecule has 0 unspecified atom stereocenters. The third-order valence-corrected chi connectivity index (χ3v) is 3.35. The van der Waals surface area contributed by atoms with E-state index in [9.17, 15) is 0 Å². The van der Waals surface area contributed by atoms with Crippen molar-refractivity contribution in [1.29, 1.82) is 0 Å². The lowest BCUT2D eigenvalue weighted by molar-refractivity contribution is 0.0508. The van der Waals surface area contributed by atoms with Crippen molar-refractivity contribution in [2.75, 3.05) is 13.2 Å². The van der Waals surface area contributed by atoms with Crippen LogP contribution in [0.3, 0.4) is 0 Å². The summed E-state index contributed by atoms with van der Waals surface area (Å²) in [5, 5.41) is 0. The molecule has 0 spiro atoms.